The van der Waals surface area contributed by atoms with Crippen LogP contribution in [0.1, 0.15) is 37.7 Å². The first kappa shape index (κ1) is 15.2. The van der Waals surface area contributed by atoms with E-state index in [1.165, 1.54) is 12.1 Å². The molecule has 1 heterocycles. The van der Waals surface area contributed by atoms with Gasteiger partial charge in [0.2, 0.25) is 0 Å². The minimum Gasteiger partial charge on any atom is -0.348 e. The van der Waals surface area contributed by atoms with Crippen molar-refractivity contribution in [1.29, 1.82) is 0 Å². The van der Waals surface area contributed by atoms with Gasteiger partial charge in [0.15, 0.2) is 0 Å². The fourth-order valence-corrected chi connectivity index (χ4v) is 2.03. The highest BCUT2D eigenvalue weighted by Gasteiger charge is 2.16. The van der Waals surface area contributed by atoms with E-state index in [2.05, 4.69) is 10.4 Å². The molecule has 0 unspecified atom stereocenters. The smallest absolute Gasteiger partial charge is 0.269 e. The van der Waals surface area contributed by atoms with Gasteiger partial charge >= 0.3 is 0 Å². The summed E-state index contributed by atoms with van der Waals surface area (Å²) in [6.07, 6.45) is 0.864. The van der Waals surface area contributed by atoms with Crippen LogP contribution < -0.4 is 5.32 Å². The third-order valence-electron chi connectivity index (χ3n) is 3.42. The van der Waals surface area contributed by atoms with Gasteiger partial charge in [-0.2, -0.15) is 5.10 Å². The van der Waals surface area contributed by atoms with E-state index in [0.29, 0.717) is 23.5 Å². The van der Waals surface area contributed by atoms with Gasteiger partial charge < -0.3 is 5.32 Å². The SMILES string of the molecule is CC[C@@H](C)NC(=O)c1cc(-c2cccc(F)c2)nn1CC. The molecule has 0 aliphatic rings. The standard InChI is InChI=1S/C16H20FN3O/c1-4-11(3)18-16(21)15-10-14(19-20(15)5-2)12-7-6-8-13(17)9-12/h6-11H,4-5H2,1-3H3,(H,18,21)/t11-/m1/s1. The van der Waals surface area contributed by atoms with Gasteiger partial charge in [-0.05, 0) is 38.5 Å². The normalized spacial score (nSPS) is 12.2. The zero-order chi connectivity index (χ0) is 15.4. The minimum atomic E-state index is -0.316. The molecule has 1 aromatic carbocycles. The summed E-state index contributed by atoms with van der Waals surface area (Å²) in [6.45, 7) is 6.47. The van der Waals surface area contributed by atoms with Crippen LogP contribution in [0.5, 0.6) is 0 Å². The summed E-state index contributed by atoms with van der Waals surface area (Å²) in [4.78, 5) is 12.3. The predicted octanol–water partition coefficient (Wildman–Crippen LogP) is 3.24. The molecule has 0 spiro atoms. The van der Waals surface area contributed by atoms with E-state index < -0.39 is 0 Å². The third kappa shape index (κ3) is 3.48. The summed E-state index contributed by atoms with van der Waals surface area (Å²) in [5.41, 5.74) is 1.77. The van der Waals surface area contributed by atoms with Crippen LogP contribution >= 0.6 is 0 Å². The molecule has 1 atom stereocenters. The van der Waals surface area contributed by atoms with E-state index in [1.807, 2.05) is 20.8 Å². The summed E-state index contributed by atoms with van der Waals surface area (Å²) >= 11 is 0. The fourth-order valence-electron chi connectivity index (χ4n) is 2.03. The Kier molecular flexibility index (Phi) is 4.73. The molecule has 0 bridgehead atoms. The monoisotopic (exact) mass is 289 g/mol. The molecule has 0 saturated heterocycles. The molecule has 2 aromatic rings. The average molecular weight is 289 g/mol. The molecule has 0 aliphatic carbocycles. The molecule has 2 rings (SSSR count). The van der Waals surface area contributed by atoms with Gasteiger partial charge in [0.1, 0.15) is 11.5 Å². The maximum Gasteiger partial charge on any atom is 0.269 e. The molecule has 1 N–H and O–H groups in total. The van der Waals surface area contributed by atoms with Crippen molar-refractivity contribution in [2.75, 3.05) is 0 Å². The quantitative estimate of drug-likeness (QED) is 0.918. The Hall–Kier alpha value is -2.17. The molecule has 112 valence electrons. The summed E-state index contributed by atoms with van der Waals surface area (Å²) in [5.74, 6) is -0.467. The van der Waals surface area contributed by atoms with Crippen LogP contribution in [0.2, 0.25) is 0 Å². The number of nitrogens with one attached hydrogen (secondary N) is 1. The third-order valence-corrected chi connectivity index (χ3v) is 3.42. The van der Waals surface area contributed by atoms with Crippen molar-refractivity contribution in [3.05, 3.63) is 41.8 Å². The average Bonchev–Trinajstić information content (AvgIpc) is 2.91. The summed E-state index contributed by atoms with van der Waals surface area (Å²) < 4.78 is 14.9. The Labute approximate surface area is 124 Å². The van der Waals surface area contributed by atoms with Crippen LogP contribution in [0.3, 0.4) is 0 Å². The first-order valence-corrected chi connectivity index (χ1v) is 7.19. The second kappa shape index (κ2) is 6.52. The van der Waals surface area contributed by atoms with Gasteiger partial charge in [-0.3, -0.25) is 9.48 Å². The van der Waals surface area contributed by atoms with Crippen LogP contribution in [0.25, 0.3) is 11.3 Å². The van der Waals surface area contributed by atoms with Crippen molar-refractivity contribution >= 4 is 5.91 Å². The Balaban J connectivity index is 2.33. The van der Waals surface area contributed by atoms with Crippen LogP contribution in [0.4, 0.5) is 4.39 Å². The predicted molar refractivity (Wildman–Crippen MR) is 80.5 cm³/mol. The van der Waals surface area contributed by atoms with E-state index in [0.717, 1.165) is 6.42 Å². The number of carbonyl (C=O) groups is 1. The number of carbonyl (C=O) groups excluding carboxylic acids is 1. The highest BCUT2D eigenvalue weighted by Crippen LogP contribution is 2.20. The number of amides is 1. The molecule has 0 saturated carbocycles. The Morgan fingerprint density at radius 1 is 1.38 bits per heavy atom. The second-order valence-corrected chi connectivity index (χ2v) is 5.02. The number of halogens is 1. The lowest BCUT2D eigenvalue weighted by Crippen LogP contribution is -2.33. The molecule has 0 aliphatic heterocycles. The lowest BCUT2D eigenvalue weighted by molar-refractivity contribution is 0.0928. The van der Waals surface area contributed by atoms with Crippen molar-refractivity contribution in [1.82, 2.24) is 15.1 Å². The van der Waals surface area contributed by atoms with Crippen molar-refractivity contribution in [2.45, 2.75) is 39.8 Å². The zero-order valence-corrected chi connectivity index (χ0v) is 12.6. The van der Waals surface area contributed by atoms with Gasteiger partial charge in [0, 0.05) is 18.2 Å². The van der Waals surface area contributed by atoms with Gasteiger partial charge in [0.05, 0.1) is 5.69 Å². The van der Waals surface area contributed by atoms with Crippen molar-refractivity contribution < 1.29 is 9.18 Å². The molecule has 21 heavy (non-hydrogen) atoms. The first-order valence-electron chi connectivity index (χ1n) is 7.19. The van der Waals surface area contributed by atoms with Crippen LogP contribution in [-0.2, 0) is 6.54 Å². The molecule has 0 fully saturated rings. The van der Waals surface area contributed by atoms with Gasteiger partial charge in [-0.1, -0.05) is 19.1 Å². The lowest BCUT2D eigenvalue weighted by Gasteiger charge is -2.11. The number of nitrogens with zero attached hydrogens (tertiary/aromatic N) is 2. The molecule has 5 heteroatoms. The first-order chi connectivity index (χ1) is 10.0. The highest BCUT2D eigenvalue weighted by atomic mass is 19.1. The molecule has 4 nitrogen and oxygen atoms in total. The summed E-state index contributed by atoms with van der Waals surface area (Å²) in [6, 6.07) is 8.03. The second-order valence-electron chi connectivity index (χ2n) is 5.02. The number of rotatable bonds is 5. The van der Waals surface area contributed by atoms with Crippen LogP contribution in [0.15, 0.2) is 30.3 Å². The van der Waals surface area contributed by atoms with E-state index >= 15 is 0 Å². The Morgan fingerprint density at radius 2 is 2.14 bits per heavy atom. The van der Waals surface area contributed by atoms with Crippen molar-refractivity contribution in [3.63, 3.8) is 0 Å². The topological polar surface area (TPSA) is 46.9 Å². The van der Waals surface area contributed by atoms with Crippen LogP contribution in [-0.4, -0.2) is 21.7 Å². The zero-order valence-electron chi connectivity index (χ0n) is 12.6. The highest BCUT2D eigenvalue weighted by molar-refractivity contribution is 5.93. The lowest BCUT2D eigenvalue weighted by atomic mass is 10.1. The van der Waals surface area contributed by atoms with E-state index in [9.17, 15) is 9.18 Å². The number of aryl methyl sites for hydroxylation is 1. The van der Waals surface area contributed by atoms with Gasteiger partial charge in [-0.25, -0.2) is 4.39 Å². The largest absolute Gasteiger partial charge is 0.348 e. The number of benzene rings is 1. The molecule has 0 radical (unpaired) electrons. The molecular formula is C16H20FN3O. The molecule has 1 amide bonds. The summed E-state index contributed by atoms with van der Waals surface area (Å²) in [5, 5.41) is 7.31. The summed E-state index contributed by atoms with van der Waals surface area (Å²) in [7, 11) is 0. The maximum absolute atomic E-state index is 13.3. The Bertz CT molecular complexity index is 636. The van der Waals surface area contributed by atoms with Crippen molar-refractivity contribution in [3.8, 4) is 11.3 Å². The maximum atomic E-state index is 13.3. The van der Waals surface area contributed by atoms with Gasteiger partial charge in [-0.15, -0.1) is 0 Å². The van der Waals surface area contributed by atoms with Crippen LogP contribution in [0, 0.1) is 5.82 Å². The van der Waals surface area contributed by atoms with E-state index in [1.54, 1.807) is 22.9 Å². The van der Waals surface area contributed by atoms with E-state index in [-0.39, 0.29) is 17.8 Å². The minimum absolute atomic E-state index is 0.107. The Morgan fingerprint density at radius 3 is 2.76 bits per heavy atom. The number of hydrogen-bond acceptors (Lipinski definition) is 2. The van der Waals surface area contributed by atoms with Gasteiger partial charge in [0.25, 0.3) is 5.91 Å². The molecule has 1 aromatic heterocycles. The van der Waals surface area contributed by atoms with E-state index in [4.69, 9.17) is 0 Å². The number of aromatic nitrogens is 2. The molecular weight excluding hydrogens is 269 g/mol. The van der Waals surface area contributed by atoms with Crippen molar-refractivity contribution in [2.24, 2.45) is 0 Å². The fraction of sp³-hybridized carbons (Fsp3) is 0.375. The number of hydrogen-bond donors (Lipinski definition) is 1.